The number of aliphatic hydroxyl groups is 1. The van der Waals surface area contributed by atoms with Crippen LogP contribution in [0, 0.1) is 0 Å². The molecular formula is C14H21NO3. The van der Waals surface area contributed by atoms with E-state index in [4.69, 9.17) is 4.74 Å². The van der Waals surface area contributed by atoms with Crippen LogP contribution in [-0.4, -0.2) is 24.2 Å². The molecule has 0 fully saturated rings. The third kappa shape index (κ3) is 4.75. The molecule has 1 atom stereocenters. The molecule has 0 aliphatic carbocycles. The van der Waals surface area contributed by atoms with E-state index in [1.165, 1.54) is 0 Å². The number of methoxy groups -OCH3 is 1. The Balaban J connectivity index is 2.44. The molecule has 0 radical (unpaired) electrons. The fourth-order valence-electron chi connectivity index (χ4n) is 1.65. The normalized spacial score (nSPS) is 12.3. The average molecular weight is 251 g/mol. The summed E-state index contributed by atoms with van der Waals surface area (Å²) in [4.78, 5) is 11.4. The molecule has 18 heavy (non-hydrogen) atoms. The van der Waals surface area contributed by atoms with Crippen molar-refractivity contribution in [2.24, 2.45) is 0 Å². The molecule has 1 amide bonds. The van der Waals surface area contributed by atoms with Gasteiger partial charge in [-0.05, 0) is 38.0 Å². The molecule has 0 saturated heterocycles. The number of benzene rings is 1. The maximum Gasteiger partial charge on any atom is 0.220 e. The van der Waals surface area contributed by atoms with Crippen molar-refractivity contribution in [2.75, 3.05) is 7.11 Å². The largest absolute Gasteiger partial charge is 0.497 e. The van der Waals surface area contributed by atoms with Gasteiger partial charge in [0.05, 0.1) is 13.2 Å². The number of ether oxygens (including phenoxy) is 1. The van der Waals surface area contributed by atoms with Crippen molar-refractivity contribution in [3.05, 3.63) is 29.8 Å². The van der Waals surface area contributed by atoms with Gasteiger partial charge in [0.2, 0.25) is 5.91 Å². The average Bonchev–Trinajstić information content (AvgIpc) is 2.35. The Kier molecular flexibility index (Phi) is 5.65. The van der Waals surface area contributed by atoms with Crippen LogP contribution in [0.3, 0.4) is 0 Å². The minimum atomic E-state index is -0.617. The van der Waals surface area contributed by atoms with Gasteiger partial charge < -0.3 is 15.2 Å². The molecule has 4 nitrogen and oxygen atoms in total. The number of amides is 1. The van der Waals surface area contributed by atoms with Crippen LogP contribution in [0.1, 0.15) is 38.4 Å². The molecule has 0 aromatic heterocycles. The van der Waals surface area contributed by atoms with Crippen LogP contribution in [0.25, 0.3) is 0 Å². The van der Waals surface area contributed by atoms with Crippen molar-refractivity contribution < 1.29 is 14.6 Å². The monoisotopic (exact) mass is 251 g/mol. The number of hydrogen-bond acceptors (Lipinski definition) is 3. The van der Waals surface area contributed by atoms with Crippen LogP contribution in [0.4, 0.5) is 0 Å². The van der Waals surface area contributed by atoms with Crippen molar-refractivity contribution in [3.8, 4) is 5.75 Å². The number of hydrogen-bond donors (Lipinski definition) is 2. The highest BCUT2D eigenvalue weighted by atomic mass is 16.5. The van der Waals surface area contributed by atoms with Gasteiger partial charge in [0.15, 0.2) is 0 Å². The van der Waals surface area contributed by atoms with E-state index in [2.05, 4.69) is 5.32 Å². The molecule has 0 heterocycles. The molecule has 0 spiro atoms. The van der Waals surface area contributed by atoms with Crippen molar-refractivity contribution in [3.63, 3.8) is 0 Å². The van der Waals surface area contributed by atoms with Gasteiger partial charge in [-0.15, -0.1) is 0 Å². The first-order valence-electron chi connectivity index (χ1n) is 6.14. The first kappa shape index (κ1) is 14.5. The Labute approximate surface area is 108 Å². The zero-order valence-electron chi connectivity index (χ0n) is 11.1. The lowest BCUT2D eigenvalue weighted by Gasteiger charge is -2.12. The zero-order chi connectivity index (χ0) is 13.5. The van der Waals surface area contributed by atoms with Crippen molar-refractivity contribution in [1.82, 2.24) is 5.32 Å². The van der Waals surface area contributed by atoms with Crippen LogP contribution in [0.2, 0.25) is 0 Å². The molecule has 0 aliphatic heterocycles. The van der Waals surface area contributed by atoms with E-state index in [1.807, 2.05) is 26.0 Å². The minimum absolute atomic E-state index is 0.0300. The molecule has 0 bridgehead atoms. The summed E-state index contributed by atoms with van der Waals surface area (Å²) in [5.74, 6) is 0.723. The summed E-state index contributed by atoms with van der Waals surface area (Å²) in [5, 5.41) is 12.7. The highest BCUT2D eigenvalue weighted by Gasteiger charge is 2.11. The van der Waals surface area contributed by atoms with Gasteiger partial charge in [0.1, 0.15) is 5.75 Å². The highest BCUT2D eigenvalue weighted by Crippen LogP contribution is 2.21. The smallest absolute Gasteiger partial charge is 0.220 e. The van der Waals surface area contributed by atoms with Gasteiger partial charge in [0, 0.05) is 12.5 Å². The Morgan fingerprint density at radius 2 is 1.94 bits per heavy atom. The second-order valence-corrected chi connectivity index (χ2v) is 4.55. The minimum Gasteiger partial charge on any atom is -0.497 e. The van der Waals surface area contributed by atoms with E-state index < -0.39 is 6.10 Å². The zero-order valence-corrected chi connectivity index (χ0v) is 11.1. The lowest BCUT2D eigenvalue weighted by atomic mass is 10.0. The van der Waals surface area contributed by atoms with E-state index in [1.54, 1.807) is 19.2 Å². The lowest BCUT2D eigenvalue weighted by molar-refractivity contribution is -0.122. The van der Waals surface area contributed by atoms with E-state index in [-0.39, 0.29) is 11.9 Å². The number of carbonyl (C=O) groups is 1. The van der Waals surface area contributed by atoms with Crippen molar-refractivity contribution >= 4 is 5.91 Å². The highest BCUT2D eigenvalue weighted by molar-refractivity contribution is 5.76. The molecule has 4 heteroatoms. The molecule has 100 valence electrons. The Bertz CT molecular complexity index is 373. The third-order valence-electron chi connectivity index (χ3n) is 2.60. The van der Waals surface area contributed by atoms with Crippen LogP contribution < -0.4 is 10.1 Å². The maximum absolute atomic E-state index is 11.4. The molecule has 1 aromatic rings. The van der Waals surface area contributed by atoms with Gasteiger partial charge in [-0.25, -0.2) is 0 Å². The summed E-state index contributed by atoms with van der Waals surface area (Å²) in [6.07, 6.45) is 0.129. The maximum atomic E-state index is 11.4. The molecule has 1 unspecified atom stereocenters. The summed E-state index contributed by atoms with van der Waals surface area (Å²) >= 11 is 0. The van der Waals surface area contributed by atoms with Gasteiger partial charge in [-0.3, -0.25) is 4.79 Å². The van der Waals surface area contributed by atoms with Gasteiger partial charge in [0.25, 0.3) is 0 Å². The standard InChI is InChI=1S/C14H21NO3/c1-10(2)15-14(17)9-8-13(16)11-4-6-12(18-3)7-5-11/h4-7,10,13,16H,8-9H2,1-3H3,(H,15,17). The van der Waals surface area contributed by atoms with Gasteiger partial charge in [-0.1, -0.05) is 12.1 Å². The van der Waals surface area contributed by atoms with E-state index >= 15 is 0 Å². The fourth-order valence-corrected chi connectivity index (χ4v) is 1.65. The van der Waals surface area contributed by atoms with Crippen LogP contribution >= 0.6 is 0 Å². The Morgan fingerprint density at radius 3 is 2.44 bits per heavy atom. The Hall–Kier alpha value is -1.55. The fraction of sp³-hybridized carbons (Fsp3) is 0.500. The van der Waals surface area contributed by atoms with E-state index in [0.29, 0.717) is 12.8 Å². The Morgan fingerprint density at radius 1 is 1.33 bits per heavy atom. The molecular weight excluding hydrogens is 230 g/mol. The first-order valence-corrected chi connectivity index (χ1v) is 6.14. The van der Waals surface area contributed by atoms with Crippen LogP contribution in [0.5, 0.6) is 5.75 Å². The third-order valence-corrected chi connectivity index (χ3v) is 2.60. The summed E-state index contributed by atoms with van der Waals surface area (Å²) < 4.78 is 5.05. The lowest BCUT2D eigenvalue weighted by Crippen LogP contribution is -2.30. The summed E-state index contributed by atoms with van der Waals surface area (Å²) in [6, 6.07) is 7.35. The van der Waals surface area contributed by atoms with Crippen LogP contribution in [0.15, 0.2) is 24.3 Å². The first-order chi connectivity index (χ1) is 8.52. The van der Waals surface area contributed by atoms with Crippen LogP contribution in [-0.2, 0) is 4.79 Å². The molecule has 2 N–H and O–H groups in total. The number of carbonyl (C=O) groups excluding carboxylic acids is 1. The SMILES string of the molecule is COc1ccc(C(O)CCC(=O)NC(C)C)cc1. The van der Waals surface area contributed by atoms with Crippen molar-refractivity contribution in [1.29, 1.82) is 0 Å². The van der Waals surface area contributed by atoms with Gasteiger partial charge in [-0.2, -0.15) is 0 Å². The van der Waals surface area contributed by atoms with E-state index in [0.717, 1.165) is 11.3 Å². The second-order valence-electron chi connectivity index (χ2n) is 4.55. The molecule has 1 aromatic carbocycles. The predicted octanol–water partition coefficient (Wildman–Crippen LogP) is 2.03. The summed E-state index contributed by atoms with van der Waals surface area (Å²) in [6.45, 7) is 3.83. The second kappa shape index (κ2) is 7.01. The van der Waals surface area contributed by atoms with E-state index in [9.17, 15) is 9.90 Å². The van der Waals surface area contributed by atoms with Crippen molar-refractivity contribution in [2.45, 2.75) is 38.8 Å². The number of aliphatic hydroxyl groups excluding tert-OH is 1. The number of rotatable bonds is 6. The predicted molar refractivity (Wildman–Crippen MR) is 70.5 cm³/mol. The number of nitrogens with one attached hydrogen (secondary N) is 1. The van der Waals surface area contributed by atoms with Gasteiger partial charge >= 0.3 is 0 Å². The molecule has 1 rings (SSSR count). The quantitative estimate of drug-likeness (QED) is 0.813. The molecule has 0 saturated carbocycles. The topological polar surface area (TPSA) is 58.6 Å². The summed E-state index contributed by atoms with van der Waals surface area (Å²) in [5.41, 5.74) is 0.799. The molecule has 0 aliphatic rings. The summed E-state index contributed by atoms with van der Waals surface area (Å²) in [7, 11) is 1.60.